The van der Waals surface area contributed by atoms with E-state index in [1.54, 1.807) is 0 Å². The second-order valence-electron chi connectivity index (χ2n) is 3.59. The molecule has 0 saturated heterocycles. The van der Waals surface area contributed by atoms with E-state index in [9.17, 15) is 0 Å². The number of rotatable bonds is 5. The summed E-state index contributed by atoms with van der Waals surface area (Å²) in [5, 5.41) is 0.737. The molecule has 1 aromatic carbocycles. The number of hydrogen-bond donors (Lipinski definition) is 2. The average molecular weight is 225 g/mol. The van der Waals surface area contributed by atoms with Crippen LogP contribution in [0.4, 0.5) is 5.69 Å². The molecule has 0 aliphatic carbocycles. The van der Waals surface area contributed by atoms with Crippen LogP contribution in [0.1, 0.15) is 20.3 Å². The van der Waals surface area contributed by atoms with Crippen molar-refractivity contribution >= 4 is 17.3 Å². The van der Waals surface area contributed by atoms with Crippen LogP contribution in [0.5, 0.6) is 0 Å². The summed E-state index contributed by atoms with van der Waals surface area (Å²) in [5.41, 5.74) is 8.13. The lowest BCUT2D eigenvalue weighted by atomic mass is 10.1. The van der Waals surface area contributed by atoms with Crippen LogP contribution >= 0.6 is 11.6 Å². The monoisotopic (exact) mass is 224 g/mol. The van der Waals surface area contributed by atoms with Gasteiger partial charge in [0.05, 0.1) is 5.69 Å². The zero-order valence-electron chi connectivity index (χ0n) is 9.18. The van der Waals surface area contributed by atoms with Crippen molar-refractivity contribution in [2.24, 2.45) is 5.92 Å². The van der Waals surface area contributed by atoms with Crippen molar-refractivity contribution in [2.75, 3.05) is 5.43 Å². The van der Waals surface area contributed by atoms with E-state index in [1.807, 2.05) is 24.3 Å². The lowest BCUT2D eigenvalue weighted by molar-refractivity contribution is 0.613. The zero-order valence-corrected chi connectivity index (χ0v) is 9.93. The molecule has 0 fully saturated rings. The van der Waals surface area contributed by atoms with Gasteiger partial charge in [0.15, 0.2) is 0 Å². The van der Waals surface area contributed by atoms with Crippen molar-refractivity contribution in [1.82, 2.24) is 5.43 Å². The van der Waals surface area contributed by atoms with Crippen LogP contribution in [0.25, 0.3) is 0 Å². The number of halogens is 1. The largest absolute Gasteiger partial charge is 0.305 e. The van der Waals surface area contributed by atoms with E-state index in [2.05, 4.69) is 31.3 Å². The SMILES string of the molecule is C=C(NNc1ccc(Cl)cc1)[C@@H](C)CC. The van der Waals surface area contributed by atoms with Gasteiger partial charge in [0.2, 0.25) is 0 Å². The Kier molecular flexibility index (Phi) is 4.50. The molecule has 82 valence electrons. The Morgan fingerprint density at radius 3 is 2.53 bits per heavy atom. The number of nitrogens with one attached hydrogen (secondary N) is 2. The molecule has 2 N–H and O–H groups in total. The Labute approximate surface area is 96.3 Å². The molecule has 1 rings (SSSR count). The molecule has 15 heavy (non-hydrogen) atoms. The first-order valence-electron chi connectivity index (χ1n) is 5.10. The van der Waals surface area contributed by atoms with Gasteiger partial charge in [-0.1, -0.05) is 32.0 Å². The van der Waals surface area contributed by atoms with Crippen molar-refractivity contribution < 1.29 is 0 Å². The molecule has 0 aliphatic heterocycles. The number of hydrogen-bond acceptors (Lipinski definition) is 2. The van der Waals surface area contributed by atoms with Gasteiger partial charge in [-0.25, -0.2) is 0 Å². The van der Waals surface area contributed by atoms with Crippen LogP contribution in [0.2, 0.25) is 5.02 Å². The summed E-state index contributed by atoms with van der Waals surface area (Å²) >= 11 is 5.78. The van der Waals surface area contributed by atoms with E-state index < -0.39 is 0 Å². The summed E-state index contributed by atoms with van der Waals surface area (Å²) < 4.78 is 0. The minimum atomic E-state index is 0.463. The highest BCUT2D eigenvalue weighted by molar-refractivity contribution is 6.30. The molecule has 3 heteroatoms. The topological polar surface area (TPSA) is 24.1 Å². The van der Waals surface area contributed by atoms with E-state index in [1.165, 1.54) is 0 Å². The summed E-state index contributed by atoms with van der Waals surface area (Å²) in [6.45, 7) is 8.23. The quantitative estimate of drug-likeness (QED) is 0.744. The maximum Gasteiger partial charge on any atom is 0.0540 e. The molecule has 0 saturated carbocycles. The van der Waals surface area contributed by atoms with E-state index in [0.29, 0.717) is 5.92 Å². The summed E-state index contributed by atoms with van der Waals surface area (Å²) in [6, 6.07) is 7.52. The first-order chi connectivity index (χ1) is 7.13. The van der Waals surface area contributed by atoms with Gasteiger partial charge in [0, 0.05) is 10.7 Å². The molecular formula is C12H17ClN2. The smallest absolute Gasteiger partial charge is 0.0540 e. The van der Waals surface area contributed by atoms with Crippen LogP contribution < -0.4 is 10.9 Å². The number of allylic oxidation sites excluding steroid dienone is 1. The van der Waals surface area contributed by atoms with Gasteiger partial charge < -0.3 is 10.9 Å². The molecular weight excluding hydrogens is 208 g/mol. The van der Waals surface area contributed by atoms with Gasteiger partial charge in [-0.3, -0.25) is 0 Å². The molecule has 1 aromatic rings. The molecule has 0 unspecified atom stereocenters. The lowest BCUT2D eigenvalue weighted by Crippen LogP contribution is -2.23. The maximum absolute atomic E-state index is 5.78. The van der Waals surface area contributed by atoms with Gasteiger partial charge in [0.1, 0.15) is 0 Å². The third kappa shape index (κ3) is 3.84. The second kappa shape index (κ2) is 5.66. The summed E-state index contributed by atoms with van der Waals surface area (Å²) in [6.07, 6.45) is 1.08. The fraction of sp³-hybridized carbons (Fsp3) is 0.333. The lowest BCUT2D eigenvalue weighted by Gasteiger charge is -2.16. The van der Waals surface area contributed by atoms with Crippen molar-refractivity contribution in [2.45, 2.75) is 20.3 Å². The van der Waals surface area contributed by atoms with Crippen molar-refractivity contribution in [1.29, 1.82) is 0 Å². The molecule has 2 nitrogen and oxygen atoms in total. The molecule has 0 heterocycles. The van der Waals surface area contributed by atoms with E-state index in [0.717, 1.165) is 22.8 Å². The Hall–Kier alpha value is -1.15. The van der Waals surface area contributed by atoms with Crippen LogP contribution in [0.3, 0.4) is 0 Å². The maximum atomic E-state index is 5.78. The molecule has 0 bridgehead atoms. The number of benzene rings is 1. The van der Waals surface area contributed by atoms with Gasteiger partial charge >= 0.3 is 0 Å². The normalized spacial score (nSPS) is 11.9. The molecule has 1 atom stereocenters. The van der Waals surface area contributed by atoms with Crippen LogP contribution in [-0.4, -0.2) is 0 Å². The molecule has 0 amide bonds. The highest BCUT2D eigenvalue weighted by Crippen LogP contribution is 2.14. The first kappa shape index (κ1) is 11.9. The van der Waals surface area contributed by atoms with Crippen LogP contribution in [0, 0.1) is 5.92 Å². The van der Waals surface area contributed by atoms with Crippen molar-refractivity contribution in [3.8, 4) is 0 Å². The number of anilines is 1. The fourth-order valence-electron chi connectivity index (χ4n) is 1.06. The Balaban J connectivity index is 2.43. The first-order valence-corrected chi connectivity index (χ1v) is 5.47. The molecule has 0 aromatic heterocycles. The second-order valence-corrected chi connectivity index (χ2v) is 4.03. The highest BCUT2D eigenvalue weighted by atomic mass is 35.5. The standard InChI is InChI=1S/C12H17ClN2/c1-4-9(2)10(3)14-15-12-7-5-11(13)6-8-12/h5-9,14-15H,3-4H2,1-2H3/t9-/m0/s1. The van der Waals surface area contributed by atoms with Gasteiger partial charge in [-0.15, -0.1) is 0 Å². The minimum Gasteiger partial charge on any atom is -0.305 e. The van der Waals surface area contributed by atoms with Gasteiger partial charge in [0.25, 0.3) is 0 Å². The fourth-order valence-corrected chi connectivity index (χ4v) is 1.18. The van der Waals surface area contributed by atoms with Gasteiger partial charge in [-0.2, -0.15) is 0 Å². The van der Waals surface area contributed by atoms with Crippen LogP contribution in [0.15, 0.2) is 36.5 Å². The zero-order chi connectivity index (χ0) is 11.3. The summed E-state index contributed by atoms with van der Waals surface area (Å²) in [5.74, 6) is 0.463. The highest BCUT2D eigenvalue weighted by Gasteiger charge is 2.02. The van der Waals surface area contributed by atoms with Gasteiger partial charge in [-0.05, 0) is 36.6 Å². The average Bonchev–Trinajstić information content (AvgIpc) is 2.26. The predicted molar refractivity (Wildman–Crippen MR) is 66.8 cm³/mol. The Morgan fingerprint density at radius 1 is 1.40 bits per heavy atom. The van der Waals surface area contributed by atoms with Crippen molar-refractivity contribution in [3.05, 3.63) is 41.6 Å². The predicted octanol–water partition coefficient (Wildman–Crippen LogP) is 3.82. The van der Waals surface area contributed by atoms with E-state index >= 15 is 0 Å². The third-order valence-corrected chi connectivity index (χ3v) is 2.67. The summed E-state index contributed by atoms with van der Waals surface area (Å²) in [4.78, 5) is 0. The Morgan fingerprint density at radius 2 is 2.00 bits per heavy atom. The Bertz CT molecular complexity index is 319. The van der Waals surface area contributed by atoms with Crippen LogP contribution in [-0.2, 0) is 0 Å². The van der Waals surface area contributed by atoms with Crippen molar-refractivity contribution in [3.63, 3.8) is 0 Å². The minimum absolute atomic E-state index is 0.463. The third-order valence-electron chi connectivity index (χ3n) is 2.42. The summed E-state index contributed by atoms with van der Waals surface area (Å²) in [7, 11) is 0. The molecule has 0 aliphatic rings. The van der Waals surface area contributed by atoms with E-state index in [-0.39, 0.29) is 0 Å². The molecule has 0 spiro atoms. The number of hydrazine groups is 1. The molecule has 0 radical (unpaired) electrons. The van der Waals surface area contributed by atoms with E-state index in [4.69, 9.17) is 11.6 Å².